The summed E-state index contributed by atoms with van der Waals surface area (Å²) in [4.78, 5) is 27.0. The molecule has 0 unspecified atom stereocenters. The smallest absolute Gasteiger partial charge is 0.268 e. The fraction of sp³-hybridized carbons (Fsp3) is 0.182. The molecule has 1 aliphatic heterocycles. The van der Waals surface area contributed by atoms with Gasteiger partial charge in [0.2, 0.25) is 5.91 Å². The summed E-state index contributed by atoms with van der Waals surface area (Å²) in [7, 11) is 0. The number of hydrogen-bond acceptors (Lipinski definition) is 4. The average molecular weight is 376 g/mol. The maximum absolute atomic E-state index is 13.2. The Hall–Kier alpha value is -3.38. The summed E-state index contributed by atoms with van der Waals surface area (Å²) in [5.41, 5.74) is 0.618. The van der Waals surface area contributed by atoms with E-state index in [2.05, 4.69) is 5.32 Å². The van der Waals surface area contributed by atoms with Gasteiger partial charge in [-0.05, 0) is 30.7 Å². The number of carbonyl (C=O) groups is 2. The van der Waals surface area contributed by atoms with E-state index in [1.54, 1.807) is 54.6 Å². The molecule has 142 valence electrons. The van der Waals surface area contributed by atoms with Crippen LogP contribution in [0.3, 0.4) is 0 Å². The number of hydrogen-bond donors (Lipinski definition) is 2. The molecule has 1 aliphatic rings. The van der Waals surface area contributed by atoms with E-state index in [0.29, 0.717) is 22.6 Å². The second-order valence-electron chi connectivity index (χ2n) is 6.84. The Morgan fingerprint density at radius 3 is 2.71 bits per heavy atom. The zero-order valence-corrected chi connectivity index (χ0v) is 15.4. The molecule has 0 spiro atoms. The van der Waals surface area contributed by atoms with Crippen LogP contribution >= 0.6 is 0 Å². The molecular formula is C22H20N2O4. The first-order chi connectivity index (χ1) is 13.5. The van der Waals surface area contributed by atoms with Crippen molar-refractivity contribution in [3.63, 3.8) is 0 Å². The molecule has 2 aromatic carbocycles. The Labute approximate surface area is 162 Å². The van der Waals surface area contributed by atoms with Gasteiger partial charge in [-0.15, -0.1) is 0 Å². The number of carbonyl (C=O) groups excluding carboxylic acids is 2. The summed E-state index contributed by atoms with van der Waals surface area (Å²) in [5.74, 6) is -0.252. The summed E-state index contributed by atoms with van der Waals surface area (Å²) in [5, 5.41) is 14.2. The summed E-state index contributed by atoms with van der Waals surface area (Å²) in [6, 6.07) is 17.7. The van der Waals surface area contributed by atoms with Crippen molar-refractivity contribution >= 4 is 17.5 Å². The molecule has 1 atom stereocenters. The third kappa shape index (κ3) is 2.97. The monoisotopic (exact) mass is 376 g/mol. The van der Waals surface area contributed by atoms with Gasteiger partial charge >= 0.3 is 0 Å². The summed E-state index contributed by atoms with van der Waals surface area (Å²) in [6.07, 6.45) is 1.53. The fourth-order valence-electron chi connectivity index (χ4n) is 3.54. The normalized spacial score (nSPS) is 18.2. The molecule has 2 heterocycles. The third-order valence-electron chi connectivity index (χ3n) is 4.92. The number of benzene rings is 2. The molecule has 3 aromatic rings. The Bertz CT molecular complexity index is 1030. The van der Waals surface area contributed by atoms with Crippen LogP contribution in [0.15, 0.2) is 71.3 Å². The van der Waals surface area contributed by atoms with Gasteiger partial charge in [0.25, 0.3) is 5.91 Å². The molecule has 2 amide bonds. The second-order valence-corrected chi connectivity index (χ2v) is 6.84. The number of aryl methyl sites for hydroxylation is 1. The van der Waals surface area contributed by atoms with Crippen molar-refractivity contribution in [1.82, 2.24) is 5.32 Å². The summed E-state index contributed by atoms with van der Waals surface area (Å²) in [6.45, 7) is 1.94. The van der Waals surface area contributed by atoms with Crippen molar-refractivity contribution in [2.75, 3.05) is 11.4 Å². The molecule has 6 heteroatoms. The number of anilines is 1. The van der Waals surface area contributed by atoms with E-state index in [1.165, 1.54) is 11.2 Å². The maximum atomic E-state index is 13.2. The highest BCUT2D eigenvalue weighted by Gasteiger charge is 2.51. The molecule has 6 nitrogen and oxygen atoms in total. The SMILES string of the molecule is Cc1cccc([C@]2(O)C(=O)N(CC(=O)NCc3ccco3)c3ccccc32)c1. The van der Waals surface area contributed by atoms with Gasteiger partial charge in [-0.3, -0.25) is 14.5 Å². The van der Waals surface area contributed by atoms with Crippen LogP contribution in [0.2, 0.25) is 0 Å². The zero-order valence-electron chi connectivity index (χ0n) is 15.4. The standard InChI is InChI=1S/C22H20N2O4/c1-15-6-4-7-16(12-15)22(27)18-9-2-3-10-19(18)24(21(22)26)14-20(25)23-13-17-8-5-11-28-17/h2-12,27H,13-14H2,1H3,(H,23,25)/t22-/m1/s1. The maximum Gasteiger partial charge on any atom is 0.268 e. The number of aliphatic hydroxyl groups is 1. The number of para-hydroxylation sites is 1. The van der Waals surface area contributed by atoms with E-state index in [-0.39, 0.29) is 19.0 Å². The van der Waals surface area contributed by atoms with Crippen molar-refractivity contribution in [3.05, 3.63) is 89.4 Å². The van der Waals surface area contributed by atoms with Gasteiger partial charge in [0, 0.05) is 5.56 Å². The molecule has 0 fully saturated rings. The number of furan rings is 1. The Morgan fingerprint density at radius 2 is 1.96 bits per heavy atom. The first kappa shape index (κ1) is 18.0. The first-order valence-corrected chi connectivity index (χ1v) is 9.00. The van der Waals surface area contributed by atoms with Crippen LogP contribution in [-0.2, 0) is 21.7 Å². The van der Waals surface area contributed by atoms with Crippen LogP contribution in [0.1, 0.15) is 22.5 Å². The van der Waals surface area contributed by atoms with Crippen molar-refractivity contribution in [2.45, 2.75) is 19.1 Å². The molecule has 28 heavy (non-hydrogen) atoms. The minimum atomic E-state index is -1.82. The van der Waals surface area contributed by atoms with Gasteiger partial charge in [0.1, 0.15) is 12.3 Å². The fourth-order valence-corrected chi connectivity index (χ4v) is 3.54. The van der Waals surface area contributed by atoms with E-state index in [1.807, 2.05) is 13.0 Å². The van der Waals surface area contributed by atoms with Crippen molar-refractivity contribution in [1.29, 1.82) is 0 Å². The van der Waals surface area contributed by atoms with Crippen molar-refractivity contribution < 1.29 is 19.1 Å². The lowest BCUT2D eigenvalue weighted by molar-refractivity contribution is -0.133. The highest BCUT2D eigenvalue weighted by molar-refractivity contribution is 6.11. The summed E-state index contributed by atoms with van der Waals surface area (Å²) < 4.78 is 5.20. The van der Waals surface area contributed by atoms with E-state index in [4.69, 9.17) is 4.42 Å². The average Bonchev–Trinajstić information content (AvgIpc) is 3.29. The van der Waals surface area contributed by atoms with Gasteiger partial charge in [-0.1, -0.05) is 48.0 Å². The quantitative estimate of drug-likeness (QED) is 0.717. The third-order valence-corrected chi connectivity index (χ3v) is 4.92. The number of rotatable bonds is 5. The molecule has 0 radical (unpaired) electrons. The van der Waals surface area contributed by atoms with Crippen LogP contribution < -0.4 is 10.2 Å². The first-order valence-electron chi connectivity index (χ1n) is 9.00. The van der Waals surface area contributed by atoms with Crippen molar-refractivity contribution in [3.8, 4) is 0 Å². The lowest BCUT2D eigenvalue weighted by Gasteiger charge is -2.24. The Balaban J connectivity index is 1.62. The van der Waals surface area contributed by atoms with Crippen LogP contribution in [0.4, 0.5) is 5.69 Å². The van der Waals surface area contributed by atoms with E-state index in [0.717, 1.165) is 5.56 Å². The van der Waals surface area contributed by atoms with Gasteiger partial charge in [-0.25, -0.2) is 0 Å². The van der Waals surface area contributed by atoms with Gasteiger partial charge in [-0.2, -0.15) is 0 Å². The van der Waals surface area contributed by atoms with E-state index >= 15 is 0 Å². The largest absolute Gasteiger partial charge is 0.467 e. The minimum absolute atomic E-state index is 0.190. The van der Waals surface area contributed by atoms with Gasteiger partial charge in [0.05, 0.1) is 18.5 Å². The number of amides is 2. The molecule has 0 saturated heterocycles. The van der Waals surface area contributed by atoms with E-state index in [9.17, 15) is 14.7 Å². The van der Waals surface area contributed by atoms with Crippen LogP contribution in [0.5, 0.6) is 0 Å². The predicted octanol–water partition coefficient (Wildman–Crippen LogP) is 2.49. The van der Waals surface area contributed by atoms with Crippen LogP contribution in [0, 0.1) is 6.92 Å². The van der Waals surface area contributed by atoms with E-state index < -0.39 is 11.5 Å². The molecule has 0 aliphatic carbocycles. The predicted molar refractivity (Wildman–Crippen MR) is 104 cm³/mol. The minimum Gasteiger partial charge on any atom is -0.467 e. The van der Waals surface area contributed by atoms with Crippen LogP contribution in [0.25, 0.3) is 0 Å². The summed E-state index contributed by atoms with van der Waals surface area (Å²) >= 11 is 0. The lowest BCUT2D eigenvalue weighted by atomic mass is 9.87. The van der Waals surface area contributed by atoms with Crippen LogP contribution in [-0.4, -0.2) is 23.5 Å². The Kier molecular flexibility index (Phi) is 4.49. The lowest BCUT2D eigenvalue weighted by Crippen LogP contribution is -2.45. The van der Waals surface area contributed by atoms with Gasteiger partial charge in [0.15, 0.2) is 5.60 Å². The zero-order chi connectivity index (χ0) is 19.7. The molecule has 0 saturated carbocycles. The van der Waals surface area contributed by atoms with Gasteiger partial charge < -0.3 is 14.8 Å². The number of nitrogens with zero attached hydrogens (tertiary/aromatic N) is 1. The molecular weight excluding hydrogens is 356 g/mol. The second kappa shape index (κ2) is 6.98. The number of fused-ring (bicyclic) bond motifs is 1. The highest BCUT2D eigenvalue weighted by Crippen LogP contribution is 2.44. The number of nitrogens with one attached hydrogen (secondary N) is 1. The molecule has 0 bridgehead atoms. The molecule has 2 N–H and O–H groups in total. The molecule has 1 aromatic heterocycles. The van der Waals surface area contributed by atoms with Crippen molar-refractivity contribution in [2.24, 2.45) is 0 Å². The Morgan fingerprint density at radius 1 is 1.14 bits per heavy atom. The topological polar surface area (TPSA) is 82.8 Å². The highest BCUT2D eigenvalue weighted by atomic mass is 16.3. The molecule has 4 rings (SSSR count).